The molecule has 1 aromatic heterocycles. The number of hydrogen-bond donors (Lipinski definition) is 2. The summed E-state index contributed by atoms with van der Waals surface area (Å²) < 4.78 is 1.71. The van der Waals surface area contributed by atoms with E-state index in [4.69, 9.17) is 5.73 Å². The molecule has 112 valence electrons. The first-order chi connectivity index (χ1) is 10.1. The molecule has 2 unspecified atom stereocenters. The first kappa shape index (κ1) is 14.1. The molecule has 0 aliphatic carbocycles. The number of imidazole rings is 1. The van der Waals surface area contributed by atoms with E-state index in [0.29, 0.717) is 12.0 Å². The highest BCUT2D eigenvalue weighted by atomic mass is 16.1. The standard InChI is InChI=1S/C16H22N4O/c1-11-9-18-16(21)20(11)14-5-3-4-13(7-14)15-6-12(8-17)10-19(15)2/h3-5,7,9,12,15H,6,8,10,17H2,1-2H3,(H,18,21). The van der Waals surface area contributed by atoms with Crippen molar-refractivity contribution in [2.75, 3.05) is 20.1 Å². The second-order valence-corrected chi connectivity index (χ2v) is 5.96. The number of hydrogen-bond acceptors (Lipinski definition) is 3. The van der Waals surface area contributed by atoms with Gasteiger partial charge in [0.1, 0.15) is 0 Å². The van der Waals surface area contributed by atoms with Gasteiger partial charge in [-0.1, -0.05) is 12.1 Å². The normalized spacial score (nSPS) is 22.8. The minimum absolute atomic E-state index is 0.0933. The van der Waals surface area contributed by atoms with Crippen LogP contribution in [0.4, 0.5) is 0 Å². The summed E-state index contributed by atoms with van der Waals surface area (Å²) in [5.41, 5.74) is 8.79. The number of benzene rings is 1. The molecule has 5 nitrogen and oxygen atoms in total. The van der Waals surface area contributed by atoms with Crippen molar-refractivity contribution < 1.29 is 0 Å². The fourth-order valence-electron chi connectivity index (χ4n) is 3.31. The van der Waals surface area contributed by atoms with Gasteiger partial charge in [-0.25, -0.2) is 4.79 Å². The molecule has 5 heteroatoms. The quantitative estimate of drug-likeness (QED) is 0.897. The van der Waals surface area contributed by atoms with Gasteiger partial charge in [-0.05, 0) is 50.6 Å². The van der Waals surface area contributed by atoms with Crippen molar-refractivity contribution in [3.63, 3.8) is 0 Å². The fraction of sp³-hybridized carbons (Fsp3) is 0.438. The number of nitrogens with two attached hydrogens (primary N) is 1. The summed E-state index contributed by atoms with van der Waals surface area (Å²) in [7, 11) is 2.14. The van der Waals surface area contributed by atoms with Gasteiger partial charge >= 0.3 is 5.69 Å². The third-order valence-corrected chi connectivity index (χ3v) is 4.44. The summed E-state index contributed by atoms with van der Waals surface area (Å²) in [6.45, 7) is 3.70. The Bertz CT molecular complexity index is 688. The molecule has 2 atom stereocenters. The number of likely N-dealkylation sites (tertiary alicyclic amines) is 1. The highest BCUT2D eigenvalue weighted by Crippen LogP contribution is 2.34. The van der Waals surface area contributed by atoms with E-state index in [1.807, 2.05) is 19.1 Å². The van der Waals surface area contributed by atoms with Crippen LogP contribution in [-0.2, 0) is 0 Å². The molecule has 3 rings (SSSR count). The number of H-pyrrole nitrogens is 1. The Labute approximate surface area is 124 Å². The van der Waals surface area contributed by atoms with Crippen LogP contribution in [0, 0.1) is 12.8 Å². The topological polar surface area (TPSA) is 67.0 Å². The average Bonchev–Trinajstić information content (AvgIpc) is 3.02. The van der Waals surface area contributed by atoms with E-state index in [9.17, 15) is 4.79 Å². The van der Waals surface area contributed by atoms with Crippen LogP contribution < -0.4 is 11.4 Å². The number of rotatable bonds is 3. The van der Waals surface area contributed by atoms with Crippen LogP contribution in [0.15, 0.2) is 35.3 Å². The van der Waals surface area contributed by atoms with E-state index >= 15 is 0 Å². The van der Waals surface area contributed by atoms with Crippen LogP contribution in [0.3, 0.4) is 0 Å². The molecule has 0 saturated carbocycles. The summed E-state index contributed by atoms with van der Waals surface area (Å²) in [5, 5.41) is 0. The number of nitrogens with one attached hydrogen (secondary N) is 1. The lowest BCUT2D eigenvalue weighted by atomic mass is 9.99. The Kier molecular flexibility index (Phi) is 3.69. The predicted molar refractivity (Wildman–Crippen MR) is 83.7 cm³/mol. The van der Waals surface area contributed by atoms with E-state index in [2.05, 4.69) is 29.1 Å². The van der Waals surface area contributed by atoms with Crippen molar-refractivity contribution in [1.82, 2.24) is 14.5 Å². The highest BCUT2D eigenvalue weighted by Gasteiger charge is 2.29. The molecule has 0 bridgehead atoms. The Hall–Kier alpha value is -1.85. The Morgan fingerprint density at radius 2 is 2.24 bits per heavy atom. The predicted octanol–water partition coefficient (Wildman–Crippen LogP) is 1.43. The van der Waals surface area contributed by atoms with Crippen LogP contribution >= 0.6 is 0 Å². The lowest BCUT2D eigenvalue weighted by Gasteiger charge is -2.20. The highest BCUT2D eigenvalue weighted by molar-refractivity contribution is 5.38. The lowest BCUT2D eigenvalue weighted by molar-refractivity contribution is 0.313. The zero-order chi connectivity index (χ0) is 15.0. The molecule has 1 fully saturated rings. The first-order valence-electron chi connectivity index (χ1n) is 7.38. The molecule has 21 heavy (non-hydrogen) atoms. The lowest BCUT2D eigenvalue weighted by Crippen LogP contribution is -2.21. The number of aromatic nitrogens is 2. The SMILES string of the molecule is Cc1c[nH]c(=O)n1-c1cccc(C2CC(CN)CN2C)c1. The Balaban J connectivity index is 1.96. The van der Waals surface area contributed by atoms with Gasteiger partial charge in [0, 0.05) is 24.5 Å². The maximum absolute atomic E-state index is 11.9. The zero-order valence-corrected chi connectivity index (χ0v) is 12.5. The molecule has 0 spiro atoms. The van der Waals surface area contributed by atoms with Gasteiger partial charge < -0.3 is 10.7 Å². The third-order valence-electron chi connectivity index (χ3n) is 4.44. The van der Waals surface area contributed by atoms with Gasteiger partial charge in [-0.2, -0.15) is 0 Å². The van der Waals surface area contributed by atoms with Gasteiger partial charge in [0.25, 0.3) is 0 Å². The number of aryl methyl sites for hydroxylation is 1. The summed E-state index contributed by atoms with van der Waals surface area (Å²) in [5.74, 6) is 0.556. The maximum atomic E-state index is 11.9. The fourth-order valence-corrected chi connectivity index (χ4v) is 3.31. The van der Waals surface area contributed by atoms with Gasteiger partial charge in [-0.15, -0.1) is 0 Å². The first-order valence-corrected chi connectivity index (χ1v) is 7.38. The molecule has 0 radical (unpaired) electrons. The number of aromatic amines is 1. The van der Waals surface area contributed by atoms with Crippen molar-refractivity contribution in [3.05, 3.63) is 52.2 Å². The smallest absolute Gasteiger partial charge is 0.330 e. The summed E-state index contributed by atoms with van der Waals surface area (Å²) in [4.78, 5) is 17.0. The van der Waals surface area contributed by atoms with Crippen molar-refractivity contribution in [1.29, 1.82) is 0 Å². The Morgan fingerprint density at radius 1 is 1.43 bits per heavy atom. The van der Waals surface area contributed by atoms with Crippen molar-refractivity contribution >= 4 is 0 Å². The summed E-state index contributed by atoms with van der Waals surface area (Å²) >= 11 is 0. The van der Waals surface area contributed by atoms with Crippen molar-refractivity contribution in [2.45, 2.75) is 19.4 Å². The molecule has 1 aromatic carbocycles. The third kappa shape index (κ3) is 2.54. The van der Waals surface area contributed by atoms with Crippen LogP contribution in [0.5, 0.6) is 0 Å². The molecular formula is C16H22N4O. The average molecular weight is 286 g/mol. The molecule has 1 aliphatic heterocycles. The molecule has 0 amide bonds. The maximum Gasteiger partial charge on any atom is 0.330 e. The summed E-state index contributed by atoms with van der Waals surface area (Å²) in [6, 6.07) is 8.63. The monoisotopic (exact) mass is 286 g/mol. The molecule has 1 saturated heterocycles. The van der Waals surface area contributed by atoms with Crippen LogP contribution in [0.2, 0.25) is 0 Å². The second kappa shape index (κ2) is 5.50. The van der Waals surface area contributed by atoms with Crippen LogP contribution in [-0.4, -0.2) is 34.6 Å². The number of nitrogens with zero attached hydrogens (tertiary/aromatic N) is 2. The molecule has 2 aromatic rings. The minimum Gasteiger partial charge on any atom is -0.330 e. The molecule has 2 heterocycles. The van der Waals surface area contributed by atoms with E-state index in [1.165, 1.54) is 5.56 Å². The van der Waals surface area contributed by atoms with Gasteiger partial charge in [0.2, 0.25) is 0 Å². The van der Waals surface area contributed by atoms with Crippen LogP contribution in [0.25, 0.3) is 5.69 Å². The largest absolute Gasteiger partial charge is 0.330 e. The van der Waals surface area contributed by atoms with E-state index < -0.39 is 0 Å². The van der Waals surface area contributed by atoms with Gasteiger partial charge in [0.15, 0.2) is 0 Å². The van der Waals surface area contributed by atoms with Crippen molar-refractivity contribution in [2.24, 2.45) is 11.7 Å². The van der Waals surface area contributed by atoms with Gasteiger partial charge in [-0.3, -0.25) is 9.47 Å². The second-order valence-electron chi connectivity index (χ2n) is 5.96. The Morgan fingerprint density at radius 3 is 2.86 bits per heavy atom. The van der Waals surface area contributed by atoms with Crippen molar-refractivity contribution in [3.8, 4) is 5.69 Å². The zero-order valence-electron chi connectivity index (χ0n) is 12.5. The van der Waals surface area contributed by atoms with E-state index in [1.54, 1.807) is 10.8 Å². The molecular weight excluding hydrogens is 264 g/mol. The van der Waals surface area contributed by atoms with Gasteiger partial charge in [0.05, 0.1) is 5.69 Å². The molecule has 3 N–H and O–H groups in total. The molecule has 1 aliphatic rings. The van der Waals surface area contributed by atoms with E-state index in [-0.39, 0.29) is 5.69 Å². The summed E-state index contributed by atoms with van der Waals surface area (Å²) in [6.07, 6.45) is 2.82. The minimum atomic E-state index is -0.0933. The van der Waals surface area contributed by atoms with Crippen LogP contribution in [0.1, 0.15) is 23.7 Å². The van der Waals surface area contributed by atoms with E-state index in [0.717, 1.165) is 30.9 Å².